The van der Waals surface area contributed by atoms with Gasteiger partial charge in [-0.3, -0.25) is 0 Å². The molecule has 4 heteroatoms. The van der Waals surface area contributed by atoms with E-state index in [2.05, 4.69) is 15.5 Å². The van der Waals surface area contributed by atoms with Crippen molar-refractivity contribution in [3.63, 3.8) is 0 Å². The van der Waals surface area contributed by atoms with E-state index in [9.17, 15) is 0 Å². The van der Waals surface area contributed by atoms with Gasteiger partial charge in [0.2, 0.25) is 5.89 Å². The van der Waals surface area contributed by atoms with Crippen molar-refractivity contribution < 1.29 is 4.52 Å². The van der Waals surface area contributed by atoms with Crippen molar-refractivity contribution >= 4 is 0 Å². The lowest BCUT2D eigenvalue weighted by molar-refractivity contribution is 0.340. The van der Waals surface area contributed by atoms with Crippen LogP contribution in [0.15, 0.2) is 4.52 Å². The molecule has 1 aromatic rings. The van der Waals surface area contributed by atoms with Gasteiger partial charge in [-0.05, 0) is 38.1 Å². The van der Waals surface area contributed by atoms with Crippen LogP contribution >= 0.6 is 0 Å². The Bertz CT molecular complexity index is 313. The van der Waals surface area contributed by atoms with Crippen LogP contribution < -0.4 is 5.32 Å². The summed E-state index contributed by atoms with van der Waals surface area (Å²) in [6.07, 6.45) is 6.03. The fourth-order valence-electron chi connectivity index (χ4n) is 1.97. The lowest BCUT2D eigenvalue weighted by Crippen LogP contribution is -2.13. The van der Waals surface area contributed by atoms with Crippen molar-refractivity contribution in [3.8, 4) is 0 Å². The monoisotopic (exact) mass is 193 g/mol. The molecule has 2 fully saturated rings. The Labute approximate surface area is 83.1 Å². The summed E-state index contributed by atoms with van der Waals surface area (Å²) in [4.78, 5) is 4.43. The van der Waals surface area contributed by atoms with Crippen molar-refractivity contribution in [1.82, 2.24) is 15.5 Å². The maximum atomic E-state index is 5.25. The normalized spacial score (nSPS) is 27.0. The second kappa shape index (κ2) is 3.35. The van der Waals surface area contributed by atoms with E-state index >= 15 is 0 Å². The van der Waals surface area contributed by atoms with Gasteiger partial charge in [0.25, 0.3) is 0 Å². The maximum absolute atomic E-state index is 5.25. The van der Waals surface area contributed by atoms with Crippen LogP contribution in [0.5, 0.6) is 0 Å². The molecule has 76 valence electrons. The average molecular weight is 193 g/mol. The number of aromatic nitrogens is 2. The largest absolute Gasteiger partial charge is 0.338 e. The second-order valence-electron chi connectivity index (χ2n) is 4.35. The fourth-order valence-corrected chi connectivity index (χ4v) is 1.97. The second-order valence-corrected chi connectivity index (χ2v) is 4.35. The molecule has 1 saturated carbocycles. The highest BCUT2D eigenvalue weighted by Crippen LogP contribution is 2.32. The highest BCUT2D eigenvalue weighted by atomic mass is 16.5. The van der Waals surface area contributed by atoms with Crippen LogP contribution in [0.2, 0.25) is 0 Å². The predicted octanol–water partition coefficient (Wildman–Crippen LogP) is 1.45. The van der Waals surface area contributed by atoms with Crippen molar-refractivity contribution in [1.29, 1.82) is 0 Å². The van der Waals surface area contributed by atoms with E-state index in [1.165, 1.54) is 19.3 Å². The smallest absolute Gasteiger partial charge is 0.243 e. The fraction of sp³-hybridized carbons (Fsp3) is 0.800. The van der Waals surface area contributed by atoms with Crippen LogP contribution in [0.4, 0.5) is 0 Å². The zero-order valence-corrected chi connectivity index (χ0v) is 8.20. The molecule has 1 saturated heterocycles. The van der Waals surface area contributed by atoms with E-state index in [-0.39, 0.29) is 0 Å². The molecule has 14 heavy (non-hydrogen) atoms. The van der Waals surface area contributed by atoms with Gasteiger partial charge in [0.15, 0.2) is 5.82 Å². The first-order chi connectivity index (χ1) is 6.92. The molecule has 0 spiro atoms. The number of hydrogen-bond donors (Lipinski definition) is 1. The standard InChI is InChI=1S/C10H15N3O/c1-2-8(11-5-1)10-12-9(13-14-10)6-7-3-4-7/h7-8,11H,1-6H2/t8-/m0/s1. The van der Waals surface area contributed by atoms with E-state index < -0.39 is 0 Å². The highest BCUT2D eigenvalue weighted by molar-refractivity contribution is 4.97. The molecular weight excluding hydrogens is 178 g/mol. The molecular formula is C10H15N3O. The molecule has 0 bridgehead atoms. The first-order valence-electron chi connectivity index (χ1n) is 5.47. The Kier molecular flexibility index (Phi) is 2.01. The molecule has 2 heterocycles. The number of nitrogens with one attached hydrogen (secondary N) is 1. The number of nitrogens with zero attached hydrogens (tertiary/aromatic N) is 2. The highest BCUT2D eigenvalue weighted by Gasteiger charge is 2.26. The zero-order valence-electron chi connectivity index (χ0n) is 8.20. The molecule has 1 aliphatic carbocycles. The average Bonchev–Trinajstić information content (AvgIpc) is 2.71. The van der Waals surface area contributed by atoms with E-state index in [0.717, 1.165) is 37.0 Å². The third kappa shape index (κ3) is 1.66. The summed E-state index contributed by atoms with van der Waals surface area (Å²) in [6.45, 7) is 1.07. The summed E-state index contributed by atoms with van der Waals surface area (Å²) in [5.74, 6) is 2.52. The van der Waals surface area contributed by atoms with Crippen molar-refractivity contribution in [2.24, 2.45) is 5.92 Å². The van der Waals surface area contributed by atoms with Gasteiger partial charge in [0, 0.05) is 6.42 Å². The first kappa shape index (κ1) is 8.41. The Morgan fingerprint density at radius 1 is 1.36 bits per heavy atom. The quantitative estimate of drug-likeness (QED) is 0.789. The topological polar surface area (TPSA) is 51.0 Å². The van der Waals surface area contributed by atoms with Crippen molar-refractivity contribution in [3.05, 3.63) is 11.7 Å². The van der Waals surface area contributed by atoms with Crippen molar-refractivity contribution in [2.45, 2.75) is 38.1 Å². The third-order valence-electron chi connectivity index (χ3n) is 3.01. The summed E-state index contributed by atoms with van der Waals surface area (Å²) in [5, 5.41) is 7.37. The molecule has 1 N–H and O–H groups in total. The molecule has 1 atom stereocenters. The lowest BCUT2D eigenvalue weighted by atomic mass is 10.2. The van der Waals surface area contributed by atoms with E-state index in [0.29, 0.717) is 6.04 Å². The Morgan fingerprint density at radius 2 is 2.29 bits per heavy atom. The summed E-state index contributed by atoms with van der Waals surface area (Å²) < 4.78 is 5.25. The summed E-state index contributed by atoms with van der Waals surface area (Å²) >= 11 is 0. The Morgan fingerprint density at radius 3 is 3.00 bits per heavy atom. The number of rotatable bonds is 3. The number of hydrogen-bond acceptors (Lipinski definition) is 4. The molecule has 1 aromatic heterocycles. The van der Waals surface area contributed by atoms with E-state index in [1.54, 1.807) is 0 Å². The predicted molar refractivity (Wildman–Crippen MR) is 50.7 cm³/mol. The van der Waals surface area contributed by atoms with Crippen LogP contribution in [-0.4, -0.2) is 16.7 Å². The molecule has 3 rings (SSSR count). The summed E-state index contributed by atoms with van der Waals surface area (Å²) in [6, 6.07) is 0.315. The van der Waals surface area contributed by atoms with Gasteiger partial charge in [0.1, 0.15) is 0 Å². The minimum absolute atomic E-state index is 0.315. The lowest BCUT2D eigenvalue weighted by Gasteiger charge is -2.01. The Balaban J connectivity index is 1.68. The Hall–Kier alpha value is -0.900. The van der Waals surface area contributed by atoms with Gasteiger partial charge in [0.05, 0.1) is 6.04 Å². The van der Waals surface area contributed by atoms with Gasteiger partial charge in [-0.2, -0.15) is 4.98 Å². The SMILES string of the molecule is C1CN[C@H](c2nc(CC3CC3)no2)C1. The van der Waals surface area contributed by atoms with Gasteiger partial charge < -0.3 is 9.84 Å². The van der Waals surface area contributed by atoms with Crippen molar-refractivity contribution in [2.75, 3.05) is 6.54 Å². The van der Waals surface area contributed by atoms with Crippen LogP contribution in [0, 0.1) is 5.92 Å². The van der Waals surface area contributed by atoms with Gasteiger partial charge in [-0.25, -0.2) is 0 Å². The minimum atomic E-state index is 0.315. The molecule has 1 aliphatic heterocycles. The molecule has 4 nitrogen and oxygen atoms in total. The molecule has 0 amide bonds. The molecule has 0 aromatic carbocycles. The van der Waals surface area contributed by atoms with Gasteiger partial charge >= 0.3 is 0 Å². The summed E-state index contributed by atoms with van der Waals surface area (Å²) in [5.41, 5.74) is 0. The maximum Gasteiger partial charge on any atom is 0.243 e. The molecule has 0 unspecified atom stereocenters. The molecule has 0 radical (unpaired) electrons. The molecule has 2 aliphatic rings. The minimum Gasteiger partial charge on any atom is -0.338 e. The van der Waals surface area contributed by atoms with Gasteiger partial charge in [-0.15, -0.1) is 0 Å². The van der Waals surface area contributed by atoms with Gasteiger partial charge in [-0.1, -0.05) is 5.16 Å². The zero-order chi connectivity index (χ0) is 9.38. The summed E-state index contributed by atoms with van der Waals surface area (Å²) in [7, 11) is 0. The van der Waals surface area contributed by atoms with Crippen LogP contribution in [0.1, 0.15) is 43.4 Å². The van der Waals surface area contributed by atoms with E-state index in [1.807, 2.05) is 0 Å². The van der Waals surface area contributed by atoms with Crippen LogP contribution in [0.25, 0.3) is 0 Å². The van der Waals surface area contributed by atoms with E-state index in [4.69, 9.17) is 4.52 Å². The third-order valence-corrected chi connectivity index (χ3v) is 3.01. The first-order valence-corrected chi connectivity index (χ1v) is 5.47. The van der Waals surface area contributed by atoms with Crippen LogP contribution in [-0.2, 0) is 6.42 Å². The van der Waals surface area contributed by atoms with Crippen LogP contribution in [0.3, 0.4) is 0 Å².